The van der Waals surface area contributed by atoms with Gasteiger partial charge in [-0.25, -0.2) is 4.79 Å². The van der Waals surface area contributed by atoms with Crippen LogP contribution in [0.25, 0.3) is 0 Å². The zero-order chi connectivity index (χ0) is 16.7. The highest BCUT2D eigenvalue weighted by Crippen LogP contribution is 2.27. The quantitative estimate of drug-likeness (QED) is 0.849. The van der Waals surface area contributed by atoms with Gasteiger partial charge in [0.15, 0.2) is 0 Å². The molecule has 0 fully saturated rings. The van der Waals surface area contributed by atoms with E-state index in [0.29, 0.717) is 19.0 Å². The third-order valence-corrected chi connectivity index (χ3v) is 3.27. The molecule has 0 aliphatic rings. The molecule has 0 saturated carbocycles. The number of rotatable bonds is 6. The lowest BCUT2D eigenvalue weighted by Crippen LogP contribution is -2.43. The molecule has 3 amide bonds. The fourth-order valence-electron chi connectivity index (χ4n) is 2.26. The van der Waals surface area contributed by atoms with E-state index in [0.717, 1.165) is 11.3 Å². The van der Waals surface area contributed by atoms with E-state index >= 15 is 0 Å². The van der Waals surface area contributed by atoms with Crippen molar-refractivity contribution in [2.24, 2.45) is 0 Å². The Morgan fingerprint density at radius 1 is 1.14 bits per heavy atom. The number of anilines is 1. The minimum atomic E-state index is -0.212. The molecule has 0 unspecified atom stereocenters. The average molecular weight is 305 g/mol. The van der Waals surface area contributed by atoms with Gasteiger partial charge in [-0.05, 0) is 31.4 Å². The Bertz CT molecular complexity index is 512. The van der Waals surface area contributed by atoms with Crippen LogP contribution in [0.5, 0.6) is 0 Å². The Hall–Kier alpha value is -2.04. The number of carbonyl (C=O) groups is 2. The summed E-state index contributed by atoms with van der Waals surface area (Å²) >= 11 is 0. The monoisotopic (exact) mass is 305 g/mol. The zero-order valence-corrected chi connectivity index (χ0v) is 14.1. The highest BCUT2D eigenvalue weighted by atomic mass is 16.2. The first kappa shape index (κ1) is 18.0. The summed E-state index contributed by atoms with van der Waals surface area (Å²) in [5.41, 5.74) is 2.04. The Morgan fingerprint density at radius 2 is 1.77 bits per heavy atom. The van der Waals surface area contributed by atoms with E-state index in [1.165, 1.54) is 0 Å². The number of hydrogen-bond donors (Lipinski definition) is 2. The second-order valence-electron chi connectivity index (χ2n) is 5.94. The van der Waals surface area contributed by atoms with Crippen molar-refractivity contribution in [3.05, 3.63) is 29.8 Å². The van der Waals surface area contributed by atoms with Crippen molar-refractivity contribution in [2.75, 3.05) is 18.0 Å². The van der Waals surface area contributed by atoms with Gasteiger partial charge in [0, 0.05) is 31.7 Å². The van der Waals surface area contributed by atoms with E-state index in [-0.39, 0.29) is 18.0 Å². The summed E-state index contributed by atoms with van der Waals surface area (Å²) in [6, 6.07) is 7.77. The lowest BCUT2D eigenvalue weighted by Gasteiger charge is -2.25. The molecule has 22 heavy (non-hydrogen) atoms. The second-order valence-corrected chi connectivity index (χ2v) is 5.94. The largest absolute Gasteiger partial charge is 0.336 e. The maximum absolute atomic E-state index is 12.0. The van der Waals surface area contributed by atoms with Gasteiger partial charge in [0.2, 0.25) is 5.91 Å². The molecule has 0 aliphatic heterocycles. The summed E-state index contributed by atoms with van der Waals surface area (Å²) in [4.78, 5) is 25.3. The van der Waals surface area contributed by atoms with Crippen LogP contribution in [0.3, 0.4) is 0 Å². The van der Waals surface area contributed by atoms with Crippen LogP contribution in [0, 0.1) is 0 Å². The summed E-state index contributed by atoms with van der Waals surface area (Å²) in [6.07, 6.45) is 0. The molecule has 0 atom stereocenters. The van der Waals surface area contributed by atoms with Crippen molar-refractivity contribution in [1.29, 1.82) is 0 Å². The summed E-state index contributed by atoms with van der Waals surface area (Å²) in [5.74, 6) is 0.300. The number of urea groups is 1. The van der Waals surface area contributed by atoms with Crippen LogP contribution < -0.4 is 15.5 Å². The molecule has 0 aromatic heterocycles. The number of nitrogens with zero attached hydrogens (tertiary/aromatic N) is 1. The Balaban J connectivity index is 2.75. The van der Waals surface area contributed by atoms with E-state index in [9.17, 15) is 9.59 Å². The lowest BCUT2D eigenvalue weighted by atomic mass is 10.0. The molecule has 1 rings (SSSR count). The van der Waals surface area contributed by atoms with Crippen LogP contribution in [0.1, 0.15) is 46.1 Å². The number of benzene rings is 1. The molecular weight excluding hydrogens is 278 g/mol. The highest BCUT2D eigenvalue weighted by Gasteiger charge is 2.16. The zero-order valence-electron chi connectivity index (χ0n) is 14.1. The summed E-state index contributed by atoms with van der Waals surface area (Å²) in [7, 11) is 0. The molecule has 2 N–H and O–H groups in total. The number of hydrogen-bond acceptors (Lipinski definition) is 2. The Morgan fingerprint density at radius 3 is 2.32 bits per heavy atom. The normalized spacial score (nSPS) is 10.7. The standard InChI is InChI=1S/C17H27N3O2/c1-12(2)15-8-6-7-9-16(15)20(14(5)21)11-10-18-17(22)19-13(3)4/h6-9,12-13H,10-11H2,1-5H3,(H2,18,19,22). The first-order chi connectivity index (χ1) is 10.3. The first-order valence-electron chi connectivity index (χ1n) is 7.74. The van der Waals surface area contributed by atoms with Crippen molar-refractivity contribution in [2.45, 2.75) is 46.6 Å². The van der Waals surface area contributed by atoms with Crippen molar-refractivity contribution in [1.82, 2.24) is 10.6 Å². The molecule has 0 radical (unpaired) electrons. The maximum atomic E-state index is 12.0. The summed E-state index contributed by atoms with van der Waals surface area (Å²) < 4.78 is 0. The Labute approximate surface area is 133 Å². The predicted molar refractivity (Wildman–Crippen MR) is 90.2 cm³/mol. The third-order valence-electron chi connectivity index (χ3n) is 3.27. The van der Waals surface area contributed by atoms with Crippen LogP contribution >= 0.6 is 0 Å². The molecule has 0 aliphatic carbocycles. The Kier molecular flexibility index (Phi) is 6.89. The molecule has 5 heteroatoms. The summed E-state index contributed by atoms with van der Waals surface area (Å²) in [5, 5.41) is 5.54. The number of carbonyl (C=O) groups excluding carboxylic acids is 2. The van der Waals surface area contributed by atoms with Crippen LogP contribution in [0.15, 0.2) is 24.3 Å². The van der Waals surface area contributed by atoms with E-state index < -0.39 is 0 Å². The predicted octanol–water partition coefficient (Wildman–Crippen LogP) is 2.87. The van der Waals surface area contributed by atoms with Crippen LogP contribution in [-0.4, -0.2) is 31.1 Å². The summed E-state index contributed by atoms with van der Waals surface area (Å²) in [6.45, 7) is 10.4. The van der Waals surface area contributed by atoms with Crippen molar-refractivity contribution in [3.8, 4) is 0 Å². The average Bonchev–Trinajstić information content (AvgIpc) is 2.42. The van der Waals surface area contributed by atoms with Gasteiger partial charge in [-0.15, -0.1) is 0 Å². The van der Waals surface area contributed by atoms with Crippen molar-refractivity contribution < 1.29 is 9.59 Å². The highest BCUT2D eigenvalue weighted by molar-refractivity contribution is 5.92. The third kappa shape index (κ3) is 5.39. The molecule has 0 heterocycles. The van der Waals surface area contributed by atoms with Crippen LogP contribution in [0.2, 0.25) is 0 Å². The molecular formula is C17H27N3O2. The number of para-hydroxylation sites is 1. The molecule has 1 aromatic rings. The van der Waals surface area contributed by atoms with Crippen LogP contribution in [0.4, 0.5) is 10.5 Å². The van der Waals surface area contributed by atoms with E-state index in [2.05, 4.69) is 24.5 Å². The lowest BCUT2D eigenvalue weighted by molar-refractivity contribution is -0.116. The molecule has 122 valence electrons. The van der Waals surface area contributed by atoms with Crippen molar-refractivity contribution >= 4 is 17.6 Å². The van der Waals surface area contributed by atoms with E-state index in [1.54, 1.807) is 11.8 Å². The SMILES string of the molecule is CC(=O)N(CCNC(=O)NC(C)C)c1ccccc1C(C)C. The van der Waals surface area contributed by atoms with Crippen molar-refractivity contribution in [3.63, 3.8) is 0 Å². The molecule has 5 nitrogen and oxygen atoms in total. The molecule has 0 bridgehead atoms. The maximum Gasteiger partial charge on any atom is 0.315 e. The van der Waals surface area contributed by atoms with Gasteiger partial charge in [-0.2, -0.15) is 0 Å². The minimum Gasteiger partial charge on any atom is -0.336 e. The van der Waals surface area contributed by atoms with Gasteiger partial charge >= 0.3 is 6.03 Å². The number of nitrogens with one attached hydrogen (secondary N) is 2. The van der Waals surface area contributed by atoms with Gasteiger partial charge < -0.3 is 15.5 Å². The fraction of sp³-hybridized carbons (Fsp3) is 0.529. The van der Waals surface area contributed by atoms with E-state index in [4.69, 9.17) is 0 Å². The molecule has 1 aromatic carbocycles. The molecule has 0 saturated heterocycles. The second kappa shape index (κ2) is 8.41. The van der Waals surface area contributed by atoms with E-state index in [1.807, 2.05) is 38.1 Å². The number of amides is 3. The van der Waals surface area contributed by atoms with Crippen LogP contribution in [-0.2, 0) is 4.79 Å². The van der Waals surface area contributed by atoms with Gasteiger partial charge in [0.25, 0.3) is 0 Å². The first-order valence-corrected chi connectivity index (χ1v) is 7.74. The topological polar surface area (TPSA) is 61.4 Å². The van der Waals surface area contributed by atoms with Gasteiger partial charge in [-0.3, -0.25) is 4.79 Å². The van der Waals surface area contributed by atoms with Gasteiger partial charge in [0.05, 0.1) is 0 Å². The smallest absolute Gasteiger partial charge is 0.315 e. The fourth-order valence-corrected chi connectivity index (χ4v) is 2.26. The minimum absolute atomic E-state index is 0.0285. The van der Waals surface area contributed by atoms with Gasteiger partial charge in [0.1, 0.15) is 0 Å². The van der Waals surface area contributed by atoms with Gasteiger partial charge in [-0.1, -0.05) is 32.0 Å². The molecule has 0 spiro atoms.